The van der Waals surface area contributed by atoms with E-state index in [4.69, 9.17) is 27.9 Å². The summed E-state index contributed by atoms with van der Waals surface area (Å²) in [4.78, 5) is 25.7. The van der Waals surface area contributed by atoms with E-state index >= 15 is 0 Å². The van der Waals surface area contributed by atoms with Gasteiger partial charge in [-0.3, -0.25) is 9.59 Å². The van der Waals surface area contributed by atoms with E-state index in [1.54, 1.807) is 36.4 Å². The Hall–Kier alpha value is -3.02. The maximum Gasteiger partial charge on any atom is 0.253 e. The topological polar surface area (TPSA) is 67.4 Å². The number of anilines is 1. The molecule has 0 saturated carbocycles. The van der Waals surface area contributed by atoms with E-state index in [0.717, 1.165) is 5.56 Å². The number of amides is 2. The molecule has 3 aromatic carbocycles. The predicted octanol–water partition coefficient (Wildman–Crippen LogP) is 6.36. The molecular formula is C26H26Cl2N2O3. The lowest BCUT2D eigenvalue weighted by atomic mass is 10.0. The number of hydrogen-bond acceptors (Lipinski definition) is 3. The number of ether oxygens (including phenoxy) is 1. The van der Waals surface area contributed by atoms with Gasteiger partial charge in [0, 0.05) is 10.7 Å². The molecule has 172 valence electrons. The standard InChI is InChI=1S/C26H26Cl2N2O3/c1-17(2)14-24(30-25(31)22-13-8-19(27)15-23(22)28)26(32)29-20-9-11-21(12-10-20)33-16-18-6-4-3-5-7-18/h3-13,15,17,24H,14,16H2,1-2H3,(H,29,32)(H,30,31)/t24-/m0/s1. The Bertz CT molecular complexity index is 1090. The number of nitrogens with one attached hydrogen (secondary N) is 2. The average Bonchev–Trinajstić information content (AvgIpc) is 2.78. The van der Waals surface area contributed by atoms with Crippen LogP contribution in [-0.4, -0.2) is 17.9 Å². The van der Waals surface area contributed by atoms with Gasteiger partial charge in [-0.2, -0.15) is 0 Å². The van der Waals surface area contributed by atoms with Gasteiger partial charge in [0.05, 0.1) is 10.6 Å². The second kappa shape index (κ2) is 11.7. The van der Waals surface area contributed by atoms with Crippen LogP contribution in [0.1, 0.15) is 36.2 Å². The molecule has 0 aliphatic heterocycles. The van der Waals surface area contributed by atoms with Crippen LogP contribution >= 0.6 is 23.2 Å². The minimum absolute atomic E-state index is 0.190. The van der Waals surface area contributed by atoms with E-state index in [9.17, 15) is 9.59 Å². The highest BCUT2D eigenvalue weighted by atomic mass is 35.5. The van der Waals surface area contributed by atoms with Gasteiger partial charge in [-0.05, 0) is 60.4 Å². The Balaban J connectivity index is 1.62. The molecule has 0 bridgehead atoms. The first-order valence-electron chi connectivity index (χ1n) is 10.7. The lowest BCUT2D eigenvalue weighted by molar-refractivity contribution is -0.118. The highest BCUT2D eigenvalue weighted by Crippen LogP contribution is 2.22. The van der Waals surface area contributed by atoms with Gasteiger partial charge in [-0.1, -0.05) is 67.4 Å². The molecule has 1 atom stereocenters. The van der Waals surface area contributed by atoms with Crippen LogP contribution in [-0.2, 0) is 11.4 Å². The van der Waals surface area contributed by atoms with E-state index in [2.05, 4.69) is 10.6 Å². The molecule has 0 fully saturated rings. The van der Waals surface area contributed by atoms with Crippen LogP contribution in [0, 0.1) is 5.92 Å². The molecule has 0 spiro atoms. The average molecular weight is 485 g/mol. The molecule has 5 nitrogen and oxygen atoms in total. The van der Waals surface area contributed by atoms with Crippen LogP contribution in [0.15, 0.2) is 72.8 Å². The molecule has 2 amide bonds. The monoisotopic (exact) mass is 484 g/mol. The molecule has 0 aliphatic carbocycles. The van der Waals surface area contributed by atoms with E-state index in [1.807, 2.05) is 44.2 Å². The van der Waals surface area contributed by atoms with Crippen molar-refractivity contribution in [2.45, 2.75) is 32.9 Å². The molecule has 3 aromatic rings. The van der Waals surface area contributed by atoms with Gasteiger partial charge in [-0.15, -0.1) is 0 Å². The van der Waals surface area contributed by atoms with Gasteiger partial charge in [-0.25, -0.2) is 0 Å². The molecule has 0 unspecified atom stereocenters. The van der Waals surface area contributed by atoms with Crippen molar-refractivity contribution in [2.24, 2.45) is 5.92 Å². The Morgan fingerprint density at radius 3 is 2.27 bits per heavy atom. The SMILES string of the molecule is CC(C)C[C@H](NC(=O)c1ccc(Cl)cc1Cl)C(=O)Nc1ccc(OCc2ccccc2)cc1. The van der Waals surface area contributed by atoms with Crippen LogP contribution in [0.2, 0.25) is 10.0 Å². The minimum Gasteiger partial charge on any atom is -0.489 e. The smallest absolute Gasteiger partial charge is 0.253 e. The Labute approximate surface area is 204 Å². The van der Waals surface area contributed by atoms with Crippen molar-refractivity contribution in [2.75, 3.05) is 5.32 Å². The van der Waals surface area contributed by atoms with Crippen LogP contribution < -0.4 is 15.4 Å². The fourth-order valence-electron chi connectivity index (χ4n) is 3.22. The predicted molar refractivity (Wildman–Crippen MR) is 133 cm³/mol. The molecule has 0 aliphatic rings. The van der Waals surface area contributed by atoms with Crippen molar-refractivity contribution >= 4 is 40.7 Å². The van der Waals surface area contributed by atoms with Crippen LogP contribution in [0.25, 0.3) is 0 Å². The Kier molecular flexibility index (Phi) is 8.75. The summed E-state index contributed by atoms with van der Waals surface area (Å²) in [6, 6.07) is 20.9. The summed E-state index contributed by atoms with van der Waals surface area (Å²) < 4.78 is 5.78. The normalized spacial score (nSPS) is 11.7. The van der Waals surface area contributed by atoms with Crippen molar-refractivity contribution in [1.29, 1.82) is 0 Å². The lowest BCUT2D eigenvalue weighted by Gasteiger charge is -2.20. The summed E-state index contributed by atoms with van der Waals surface area (Å²) in [5.41, 5.74) is 1.95. The second-order valence-corrected chi connectivity index (χ2v) is 8.91. The Morgan fingerprint density at radius 2 is 1.64 bits per heavy atom. The Morgan fingerprint density at radius 1 is 0.939 bits per heavy atom. The largest absolute Gasteiger partial charge is 0.489 e. The summed E-state index contributed by atoms with van der Waals surface area (Å²) >= 11 is 12.1. The van der Waals surface area contributed by atoms with Crippen molar-refractivity contribution in [3.8, 4) is 5.75 Å². The maximum absolute atomic E-state index is 12.9. The summed E-state index contributed by atoms with van der Waals surface area (Å²) in [6.07, 6.45) is 0.473. The molecule has 33 heavy (non-hydrogen) atoms. The number of halogens is 2. The molecule has 0 heterocycles. The summed E-state index contributed by atoms with van der Waals surface area (Å²) in [5, 5.41) is 6.32. The third kappa shape index (κ3) is 7.52. The van der Waals surface area contributed by atoms with Gasteiger partial charge in [0.15, 0.2) is 0 Å². The third-order valence-corrected chi connectivity index (χ3v) is 5.42. The van der Waals surface area contributed by atoms with Gasteiger partial charge in [0.1, 0.15) is 18.4 Å². The molecule has 3 rings (SSSR count). The van der Waals surface area contributed by atoms with Crippen LogP contribution in [0.4, 0.5) is 5.69 Å². The van der Waals surface area contributed by atoms with Gasteiger partial charge < -0.3 is 15.4 Å². The fraction of sp³-hybridized carbons (Fsp3) is 0.231. The number of carbonyl (C=O) groups is 2. The summed E-state index contributed by atoms with van der Waals surface area (Å²) in [5.74, 6) is 0.152. The van der Waals surface area contributed by atoms with Gasteiger partial charge in [0.2, 0.25) is 5.91 Å². The van der Waals surface area contributed by atoms with Crippen molar-refractivity contribution in [1.82, 2.24) is 5.32 Å². The van der Waals surface area contributed by atoms with E-state index < -0.39 is 11.9 Å². The maximum atomic E-state index is 12.9. The fourth-order valence-corrected chi connectivity index (χ4v) is 3.71. The number of hydrogen-bond donors (Lipinski definition) is 2. The number of rotatable bonds is 9. The quantitative estimate of drug-likeness (QED) is 0.371. The zero-order chi connectivity index (χ0) is 23.8. The summed E-state index contributed by atoms with van der Waals surface area (Å²) in [7, 11) is 0. The minimum atomic E-state index is -0.724. The van der Waals surface area contributed by atoms with Crippen LogP contribution in [0.5, 0.6) is 5.75 Å². The first kappa shape index (κ1) is 24.6. The molecule has 0 aromatic heterocycles. The molecule has 2 N–H and O–H groups in total. The second-order valence-electron chi connectivity index (χ2n) is 8.07. The highest BCUT2D eigenvalue weighted by molar-refractivity contribution is 6.36. The molecule has 0 saturated heterocycles. The highest BCUT2D eigenvalue weighted by Gasteiger charge is 2.23. The zero-order valence-corrected chi connectivity index (χ0v) is 20.0. The molecule has 0 radical (unpaired) electrons. The first-order chi connectivity index (χ1) is 15.8. The van der Waals surface area contributed by atoms with E-state index in [0.29, 0.717) is 29.5 Å². The first-order valence-corrected chi connectivity index (χ1v) is 11.4. The molecule has 7 heteroatoms. The van der Waals surface area contributed by atoms with Crippen LogP contribution in [0.3, 0.4) is 0 Å². The van der Waals surface area contributed by atoms with E-state index in [1.165, 1.54) is 6.07 Å². The third-order valence-electron chi connectivity index (χ3n) is 4.87. The van der Waals surface area contributed by atoms with Gasteiger partial charge in [0.25, 0.3) is 5.91 Å². The summed E-state index contributed by atoms with van der Waals surface area (Å²) in [6.45, 7) is 4.43. The number of benzene rings is 3. The van der Waals surface area contributed by atoms with Crippen molar-refractivity contribution < 1.29 is 14.3 Å². The number of carbonyl (C=O) groups excluding carboxylic acids is 2. The zero-order valence-electron chi connectivity index (χ0n) is 18.5. The van der Waals surface area contributed by atoms with Crippen molar-refractivity contribution in [3.05, 3.63) is 94.0 Å². The lowest BCUT2D eigenvalue weighted by Crippen LogP contribution is -2.44. The van der Waals surface area contributed by atoms with Gasteiger partial charge >= 0.3 is 0 Å². The van der Waals surface area contributed by atoms with Crippen molar-refractivity contribution in [3.63, 3.8) is 0 Å². The molecular weight excluding hydrogens is 459 g/mol. The van der Waals surface area contributed by atoms with E-state index in [-0.39, 0.29) is 22.4 Å².